The summed E-state index contributed by atoms with van der Waals surface area (Å²) < 4.78 is 30.5. The molecule has 0 spiro atoms. The minimum Gasteiger partial charge on any atom is -0.508 e. The predicted molar refractivity (Wildman–Crippen MR) is 153 cm³/mol. The van der Waals surface area contributed by atoms with Gasteiger partial charge < -0.3 is 15.7 Å². The van der Waals surface area contributed by atoms with Gasteiger partial charge in [-0.05, 0) is 64.9 Å². The number of anilines is 1. The highest BCUT2D eigenvalue weighted by molar-refractivity contribution is 7.85. The first-order valence-corrected chi connectivity index (χ1v) is 14.1. The van der Waals surface area contributed by atoms with Crippen LogP contribution in [0.15, 0.2) is 78.9 Å². The number of carbonyl (C=O) groups is 2. The van der Waals surface area contributed by atoms with E-state index in [0.29, 0.717) is 17.7 Å². The van der Waals surface area contributed by atoms with E-state index < -0.39 is 27.7 Å². The highest BCUT2D eigenvalue weighted by Crippen LogP contribution is 2.26. The van der Waals surface area contributed by atoms with Gasteiger partial charge in [-0.3, -0.25) is 14.1 Å². The van der Waals surface area contributed by atoms with Crippen molar-refractivity contribution in [3.05, 3.63) is 101 Å². The van der Waals surface area contributed by atoms with Gasteiger partial charge in [0.25, 0.3) is 16.0 Å². The third-order valence-corrected chi connectivity index (χ3v) is 6.59. The summed E-state index contributed by atoms with van der Waals surface area (Å²) in [4.78, 5) is 25.7. The van der Waals surface area contributed by atoms with Gasteiger partial charge in [-0.15, -0.1) is 0 Å². The molecule has 0 heterocycles. The van der Waals surface area contributed by atoms with Crippen LogP contribution >= 0.6 is 0 Å². The second kappa shape index (κ2) is 12.7. The Bertz CT molecular complexity index is 1410. The Morgan fingerprint density at radius 3 is 2.10 bits per heavy atom. The molecule has 0 aromatic heterocycles. The first-order valence-electron chi connectivity index (χ1n) is 12.5. The Balaban J connectivity index is 1.79. The van der Waals surface area contributed by atoms with Crippen molar-refractivity contribution in [2.45, 2.75) is 33.1 Å². The lowest BCUT2D eigenvalue weighted by atomic mass is 9.89. The Morgan fingerprint density at radius 2 is 1.54 bits per heavy atom. The van der Waals surface area contributed by atoms with E-state index in [2.05, 4.69) is 43.6 Å². The average Bonchev–Trinajstić information content (AvgIpc) is 2.87. The summed E-state index contributed by atoms with van der Waals surface area (Å²) in [6.07, 6.45) is 4.54. The predicted octanol–water partition coefficient (Wildman–Crippen LogP) is 5.03. The second-order valence-electron chi connectivity index (χ2n) is 10.4. The molecule has 39 heavy (non-hydrogen) atoms. The minimum atomic E-state index is -4.16. The highest BCUT2D eigenvalue weighted by atomic mass is 32.2. The van der Waals surface area contributed by atoms with Crippen LogP contribution in [-0.4, -0.2) is 42.2 Å². The summed E-state index contributed by atoms with van der Waals surface area (Å²) in [6, 6.07) is 20.8. The Kier molecular flexibility index (Phi) is 9.66. The van der Waals surface area contributed by atoms with Gasteiger partial charge in [0, 0.05) is 17.8 Å². The van der Waals surface area contributed by atoms with Gasteiger partial charge in [0.2, 0.25) is 5.91 Å². The van der Waals surface area contributed by atoms with Crippen LogP contribution in [0.5, 0.6) is 5.75 Å². The van der Waals surface area contributed by atoms with Gasteiger partial charge in [0.1, 0.15) is 5.75 Å². The molecule has 206 valence electrons. The van der Waals surface area contributed by atoms with E-state index in [1.807, 2.05) is 24.3 Å². The third-order valence-electron chi connectivity index (χ3n) is 5.87. The van der Waals surface area contributed by atoms with Crippen LogP contribution in [0, 0.1) is 5.41 Å². The molecule has 3 aromatic carbocycles. The summed E-state index contributed by atoms with van der Waals surface area (Å²) in [5.41, 5.74) is 3.61. The number of hydrogen-bond donors (Lipinski definition) is 4. The molecule has 0 aliphatic heterocycles. The van der Waals surface area contributed by atoms with E-state index in [1.54, 1.807) is 36.4 Å². The number of hydrogen-bond acceptors (Lipinski definition) is 5. The fourth-order valence-corrected chi connectivity index (χ4v) is 4.11. The minimum absolute atomic E-state index is 0.0464. The van der Waals surface area contributed by atoms with Crippen LogP contribution in [0.3, 0.4) is 0 Å². The molecule has 0 saturated carbocycles. The van der Waals surface area contributed by atoms with Gasteiger partial charge in [0.15, 0.2) is 0 Å². The number of allylic oxidation sites excluding steroid dienone is 1. The molecule has 0 saturated heterocycles. The maximum absolute atomic E-state index is 13.4. The first-order chi connectivity index (χ1) is 18.3. The zero-order valence-corrected chi connectivity index (χ0v) is 23.0. The number of carbonyl (C=O) groups excluding carboxylic acids is 2. The molecule has 0 bridgehead atoms. The van der Waals surface area contributed by atoms with Gasteiger partial charge in [-0.25, -0.2) is 0 Å². The molecule has 0 aliphatic carbocycles. The molecule has 1 unspecified atom stereocenters. The summed E-state index contributed by atoms with van der Waals surface area (Å²) >= 11 is 0. The lowest BCUT2D eigenvalue weighted by Crippen LogP contribution is -2.28. The van der Waals surface area contributed by atoms with Crippen LogP contribution in [0.1, 0.15) is 53.7 Å². The van der Waals surface area contributed by atoms with Gasteiger partial charge in [0.05, 0.1) is 11.7 Å². The highest BCUT2D eigenvalue weighted by Gasteiger charge is 2.22. The zero-order chi connectivity index (χ0) is 28.6. The SMILES string of the molecule is CC(C)(C)/C=C/c1ccc(C(Cc2ccc(C(=O)NCCS(=O)(=O)O)cc2)C(=O)Nc2ccc(O)cc2)cc1. The standard InChI is InChI=1S/C30H34N2O6S/c1-30(2,3)17-16-21-4-8-23(9-5-21)27(29(35)32-25-12-14-26(33)15-13-25)20-22-6-10-24(11-7-22)28(34)31-18-19-39(36,37)38/h4-17,27,33H,18-20H2,1-3H3,(H,31,34)(H,32,35)(H,36,37,38)/b17-16+. The van der Waals surface area contributed by atoms with E-state index in [0.717, 1.165) is 16.7 Å². The monoisotopic (exact) mass is 550 g/mol. The molecular formula is C30H34N2O6S. The fraction of sp³-hybridized carbons (Fsp3) is 0.267. The van der Waals surface area contributed by atoms with Crippen LogP contribution in [0.25, 0.3) is 6.08 Å². The van der Waals surface area contributed by atoms with Crippen molar-refractivity contribution in [2.24, 2.45) is 5.41 Å². The third kappa shape index (κ3) is 10.0. The van der Waals surface area contributed by atoms with E-state index in [1.165, 1.54) is 12.1 Å². The van der Waals surface area contributed by atoms with E-state index in [9.17, 15) is 23.1 Å². The number of amides is 2. The quantitative estimate of drug-likeness (QED) is 0.207. The molecule has 0 fully saturated rings. The summed E-state index contributed by atoms with van der Waals surface area (Å²) in [5.74, 6) is -1.68. The molecule has 3 aromatic rings. The largest absolute Gasteiger partial charge is 0.508 e. The Hall–Kier alpha value is -3.95. The fourth-order valence-electron chi connectivity index (χ4n) is 3.75. The normalized spacial score (nSPS) is 12.7. The van der Waals surface area contributed by atoms with Crippen molar-refractivity contribution in [1.82, 2.24) is 5.32 Å². The number of aromatic hydroxyl groups is 1. The smallest absolute Gasteiger partial charge is 0.266 e. The molecule has 3 rings (SSSR count). The Labute approximate surface area is 229 Å². The van der Waals surface area contributed by atoms with Gasteiger partial charge in [-0.2, -0.15) is 8.42 Å². The van der Waals surface area contributed by atoms with E-state index in [4.69, 9.17) is 4.55 Å². The average molecular weight is 551 g/mol. The molecule has 8 nitrogen and oxygen atoms in total. The topological polar surface area (TPSA) is 133 Å². The van der Waals surface area contributed by atoms with Crippen LogP contribution < -0.4 is 10.6 Å². The van der Waals surface area contributed by atoms with Crippen molar-refractivity contribution in [1.29, 1.82) is 0 Å². The maximum atomic E-state index is 13.4. The lowest BCUT2D eigenvalue weighted by molar-refractivity contribution is -0.117. The van der Waals surface area contributed by atoms with E-state index in [-0.39, 0.29) is 23.6 Å². The van der Waals surface area contributed by atoms with Crippen molar-refractivity contribution in [2.75, 3.05) is 17.6 Å². The van der Waals surface area contributed by atoms with Gasteiger partial charge in [-0.1, -0.05) is 69.3 Å². The molecule has 2 amide bonds. The molecule has 9 heteroatoms. The second-order valence-corrected chi connectivity index (χ2v) is 12.0. The molecule has 0 aliphatic rings. The van der Waals surface area contributed by atoms with E-state index >= 15 is 0 Å². The van der Waals surface area contributed by atoms with Crippen LogP contribution in [0.2, 0.25) is 0 Å². The first kappa shape index (κ1) is 29.6. The van der Waals surface area contributed by atoms with Crippen molar-refractivity contribution in [3.8, 4) is 5.75 Å². The van der Waals surface area contributed by atoms with Crippen LogP contribution in [0.4, 0.5) is 5.69 Å². The summed E-state index contributed by atoms with van der Waals surface area (Å²) in [5, 5.41) is 14.9. The summed E-state index contributed by atoms with van der Waals surface area (Å²) in [7, 11) is -4.16. The van der Waals surface area contributed by atoms with Gasteiger partial charge >= 0.3 is 0 Å². The van der Waals surface area contributed by atoms with Crippen LogP contribution in [-0.2, 0) is 21.3 Å². The lowest BCUT2D eigenvalue weighted by Gasteiger charge is -2.18. The number of phenolic OH excluding ortho intramolecular Hbond substituents is 1. The molecule has 1 atom stereocenters. The number of rotatable bonds is 10. The zero-order valence-electron chi connectivity index (χ0n) is 22.2. The molecular weight excluding hydrogens is 516 g/mol. The van der Waals surface area contributed by atoms with Crippen molar-refractivity contribution in [3.63, 3.8) is 0 Å². The van der Waals surface area contributed by atoms with Crippen molar-refractivity contribution < 1.29 is 27.7 Å². The molecule has 4 N–H and O–H groups in total. The van der Waals surface area contributed by atoms with Crippen molar-refractivity contribution >= 4 is 33.7 Å². The maximum Gasteiger partial charge on any atom is 0.266 e. The number of phenols is 1. The Morgan fingerprint density at radius 1 is 0.923 bits per heavy atom. The summed E-state index contributed by atoms with van der Waals surface area (Å²) in [6.45, 7) is 6.15. The molecule has 0 radical (unpaired) electrons. The number of nitrogens with one attached hydrogen (secondary N) is 2. The number of benzene rings is 3.